The van der Waals surface area contributed by atoms with Crippen molar-refractivity contribution >= 4 is 0 Å². The number of nitrogens with zero attached hydrogens (tertiary/aromatic N) is 1. The van der Waals surface area contributed by atoms with Crippen molar-refractivity contribution in [2.75, 3.05) is 0 Å². The van der Waals surface area contributed by atoms with Gasteiger partial charge in [-0.05, 0) is 31.5 Å². The summed E-state index contributed by atoms with van der Waals surface area (Å²) in [6.45, 7) is 3.82. The maximum Gasteiger partial charge on any atom is 0.330 e. The van der Waals surface area contributed by atoms with Crippen molar-refractivity contribution in [3.05, 3.63) is 52.2 Å². The zero-order chi connectivity index (χ0) is 11.7. The number of aromatic amines is 1. The summed E-state index contributed by atoms with van der Waals surface area (Å²) >= 11 is 0. The van der Waals surface area contributed by atoms with Crippen molar-refractivity contribution in [1.29, 1.82) is 0 Å². The molecule has 0 aliphatic heterocycles. The van der Waals surface area contributed by atoms with Gasteiger partial charge in [-0.3, -0.25) is 4.57 Å². The molecule has 1 aromatic heterocycles. The van der Waals surface area contributed by atoms with Gasteiger partial charge in [0.25, 0.3) is 0 Å². The third kappa shape index (κ3) is 1.79. The molecule has 0 saturated carbocycles. The van der Waals surface area contributed by atoms with Gasteiger partial charge in [0.05, 0.1) is 5.69 Å². The molecule has 4 heteroatoms. The topological polar surface area (TPSA) is 63.8 Å². The Balaban J connectivity index is 2.46. The summed E-state index contributed by atoms with van der Waals surface area (Å²) in [7, 11) is 0. The Kier molecular flexibility index (Phi) is 2.66. The molecule has 0 spiro atoms. The number of H-pyrrole nitrogens is 1. The quantitative estimate of drug-likeness (QED) is 0.800. The van der Waals surface area contributed by atoms with E-state index >= 15 is 0 Å². The zero-order valence-corrected chi connectivity index (χ0v) is 9.40. The number of hydrogen-bond acceptors (Lipinski definition) is 2. The lowest BCUT2D eigenvalue weighted by atomic mass is 10.1. The van der Waals surface area contributed by atoms with Crippen LogP contribution in [0.3, 0.4) is 0 Å². The van der Waals surface area contributed by atoms with Gasteiger partial charge in [0.15, 0.2) is 0 Å². The van der Waals surface area contributed by atoms with Crippen molar-refractivity contribution in [2.45, 2.75) is 19.9 Å². The highest BCUT2D eigenvalue weighted by Crippen LogP contribution is 2.13. The van der Waals surface area contributed by atoms with E-state index in [-0.39, 0.29) is 11.7 Å². The Morgan fingerprint density at radius 3 is 2.38 bits per heavy atom. The fraction of sp³-hybridized carbons (Fsp3) is 0.250. The van der Waals surface area contributed by atoms with Crippen LogP contribution in [-0.4, -0.2) is 9.55 Å². The zero-order valence-electron chi connectivity index (χ0n) is 9.40. The highest BCUT2D eigenvalue weighted by Gasteiger charge is 2.05. The van der Waals surface area contributed by atoms with E-state index in [0.29, 0.717) is 0 Å². The predicted molar refractivity (Wildman–Crippen MR) is 63.7 cm³/mol. The van der Waals surface area contributed by atoms with Crippen molar-refractivity contribution in [3.63, 3.8) is 0 Å². The lowest BCUT2D eigenvalue weighted by Gasteiger charge is -2.08. The maximum absolute atomic E-state index is 11.5. The van der Waals surface area contributed by atoms with Crippen LogP contribution in [0.4, 0.5) is 0 Å². The number of nitrogens with two attached hydrogens (primary N) is 1. The number of aromatic nitrogens is 2. The summed E-state index contributed by atoms with van der Waals surface area (Å²) in [5.74, 6) is 0. The molecule has 2 rings (SSSR count). The molecule has 0 bridgehead atoms. The van der Waals surface area contributed by atoms with Crippen molar-refractivity contribution in [1.82, 2.24) is 9.55 Å². The predicted octanol–water partition coefficient (Wildman–Crippen LogP) is 1.49. The van der Waals surface area contributed by atoms with Gasteiger partial charge < -0.3 is 10.7 Å². The molecule has 1 heterocycles. The van der Waals surface area contributed by atoms with E-state index in [0.717, 1.165) is 16.9 Å². The molecule has 84 valence electrons. The smallest absolute Gasteiger partial charge is 0.324 e. The number of imidazole rings is 1. The Morgan fingerprint density at radius 2 is 1.94 bits per heavy atom. The van der Waals surface area contributed by atoms with Gasteiger partial charge in [-0.15, -0.1) is 0 Å². The lowest BCUT2D eigenvalue weighted by Crippen LogP contribution is -2.16. The second-order valence-electron chi connectivity index (χ2n) is 3.95. The summed E-state index contributed by atoms with van der Waals surface area (Å²) in [5, 5.41) is 0. The average molecular weight is 217 g/mol. The van der Waals surface area contributed by atoms with Crippen molar-refractivity contribution < 1.29 is 0 Å². The molecule has 0 aliphatic rings. The summed E-state index contributed by atoms with van der Waals surface area (Å²) in [6, 6.07) is 7.71. The van der Waals surface area contributed by atoms with Gasteiger partial charge in [0.1, 0.15) is 0 Å². The SMILES string of the molecule is Cc1c[nH]c(=O)n1-c1ccc(C(C)N)cc1. The molecule has 1 atom stereocenters. The van der Waals surface area contributed by atoms with Crippen LogP contribution >= 0.6 is 0 Å². The van der Waals surface area contributed by atoms with E-state index in [2.05, 4.69) is 4.98 Å². The molecule has 4 nitrogen and oxygen atoms in total. The summed E-state index contributed by atoms with van der Waals surface area (Å²) < 4.78 is 1.63. The van der Waals surface area contributed by atoms with Gasteiger partial charge in [0.2, 0.25) is 0 Å². The Hall–Kier alpha value is -1.81. The Labute approximate surface area is 93.7 Å². The van der Waals surface area contributed by atoms with Crippen molar-refractivity contribution in [2.24, 2.45) is 5.73 Å². The Morgan fingerprint density at radius 1 is 1.31 bits per heavy atom. The standard InChI is InChI=1S/C12H15N3O/c1-8-7-14-12(16)15(8)11-5-3-10(4-6-11)9(2)13/h3-7,9H,13H2,1-2H3,(H,14,16). The molecule has 0 radical (unpaired) electrons. The summed E-state index contributed by atoms with van der Waals surface area (Å²) in [4.78, 5) is 14.2. The molecule has 1 aromatic carbocycles. The van der Waals surface area contributed by atoms with Crippen LogP contribution in [0.1, 0.15) is 24.2 Å². The van der Waals surface area contributed by atoms with Crippen LogP contribution in [-0.2, 0) is 0 Å². The molecule has 1 unspecified atom stereocenters. The highest BCUT2D eigenvalue weighted by atomic mass is 16.1. The van der Waals surface area contributed by atoms with E-state index in [1.54, 1.807) is 10.8 Å². The van der Waals surface area contributed by atoms with Gasteiger partial charge in [-0.25, -0.2) is 4.79 Å². The number of hydrogen-bond donors (Lipinski definition) is 2. The van der Waals surface area contributed by atoms with Gasteiger partial charge in [-0.2, -0.15) is 0 Å². The van der Waals surface area contributed by atoms with Gasteiger partial charge in [-0.1, -0.05) is 12.1 Å². The number of rotatable bonds is 2. The second-order valence-corrected chi connectivity index (χ2v) is 3.95. The van der Waals surface area contributed by atoms with Crippen LogP contribution < -0.4 is 11.4 Å². The van der Waals surface area contributed by atoms with E-state index in [9.17, 15) is 4.79 Å². The summed E-state index contributed by atoms with van der Waals surface area (Å²) in [5.41, 5.74) is 8.45. The molecule has 2 aromatic rings. The van der Waals surface area contributed by atoms with Crippen LogP contribution in [0.25, 0.3) is 5.69 Å². The molecule has 0 amide bonds. The van der Waals surface area contributed by atoms with Gasteiger partial charge in [0, 0.05) is 17.9 Å². The van der Waals surface area contributed by atoms with E-state index in [4.69, 9.17) is 5.73 Å². The third-order valence-corrected chi connectivity index (χ3v) is 2.64. The van der Waals surface area contributed by atoms with E-state index in [1.807, 2.05) is 38.1 Å². The first-order valence-electron chi connectivity index (χ1n) is 5.22. The minimum absolute atomic E-state index is 0.0121. The molecule has 0 saturated heterocycles. The first kappa shape index (κ1) is 10.7. The number of nitrogens with one attached hydrogen (secondary N) is 1. The normalized spacial score (nSPS) is 12.7. The second kappa shape index (κ2) is 3.98. The minimum atomic E-state index is -0.119. The van der Waals surface area contributed by atoms with Crippen LogP contribution in [0, 0.1) is 6.92 Å². The fourth-order valence-electron chi connectivity index (χ4n) is 1.70. The lowest BCUT2D eigenvalue weighted by molar-refractivity contribution is 0.816. The molecular weight excluding hydrogens is 202 g/mol. The molecule has 0 fully saturated rings. The molecule has 3 N–H and O–H groups in total. The molecule has 0 aliphatic carbocycles. The Bertz CT molecular complexity index is 534. The third-order valence-electron chi connectivity index (χ3n) is 2.64. The van der Waals surface area contributed by atoms with Crippen LogP contribution in [0.15, 0.2) is 35.3 Å². The van der Waals surface area contributed by atoms with E-state index < -0.39 is 0 Å². The van der Waals surface area contributed by atoms with Crippen molar-refractivity contribution in [3.8, 4) is 5.69 Å². The molecular formula is C12H15N3O. The van der Waals surface area contributed by atoms with Gasteiger partial charge >= 0.3 is 5.69 Å². The highest BCUT2D eigenvalue weighted by molar-refractivity contribution is 5.36. The number of benzene rings is 1. The summed E-state index contributed by atoms with van der Waals surface area (Å²) in [6.07, 6.45) is 1.70. The minimum Gasteiger partial charge on any atom is -0.324 e. The average Bonchev–Trinajstić information content (AvgIpc) is 2.59. The first-order chi connectivity index (χ1) is 7.59. The maximum atomic E-state index is 11.5. The monoisotopic (exact) mass is 217 g/mol. The van der Waals surface area contributed by atoms with Crippen LogP contribution in [0.2, 0.25) is 0 Å². The number of aryl methyl sites for hydroxylation is 1. The first-order valence-corrected chi connectivity index (χ1v) is 5.22. The molecule has 16 heavy (non-hydrogen) atoms. The van der Waals surface area contributed by atoms with E-state index in [1.165, 1.54) is 0 Å². The largest absolute Gasteiger partial charge is 0.330 e. The van der Waals surface area contributed by atoms with Crippen LogP contribution in [0.5, 0.6) is 0 Å². The fourth-order valence-corrected chi connectivity index (χ4v) is 1.70.